The summed E-state index contributed by atoms with van der Waals surface area (Å²) >= 11 is 0. The van der Waals surface area contributed by atoms with Crippen LogP contribution in [0.4, 0.5) is 4.79 Å². The molecule has 1 aliphatic rings. The molecule has 92 valence electrons. The molecule has 0 heterocycles. The Morgan fingerprint density at radius 1 is 1.38 bits per heavy atom. The first-order valence-corrected chi connectivity index (χ1v) is 5.82. The molecule has 0 aromatic rings. The number of rotatable bonds is 3. The van der Waals surface area contributed by atoms with Gasteiger partial charge in [0.15, 0.2) is 0 Å². The van der Waals surface area contributed by atoms with Crippen LogP contribution in [0.25, 0.3) is 0 Å². The average Bonchev–Trinajstić information content (AvgIpc) is 2.49. The lowest BCUT2D eigenvalue weighted by Gasteiger charge is -2.30. The number of hydrogen-bond donors (Lipinski definition) is 1. The molecule has 0 unspecified atom stereocenters. The molecule has 0 spiro atoms. The molecule has 4 nitrogen and oxygen atoms in total. The Hall–Kier alpha value is -1.06. The van der Waals surface area contributed by atoms with Crippen LogP contribution >= 0.6 is 0 Å². The molecule has 0 radical (unpaired) electrons. The molecule has 4 heteroatoms. The summed E-state index contributed by atoms with van der Waals surface area (Å²) in [6.45, 7) is 5.48. The Kier molecular flexibility index (Phi) is 3.94. The van der Waals surface area contributed by atoms with E-state index in [0.29, 0.717) is 6.42 Å². The number of amides is 1. The Bertz CT molecular complexity index is 262. The summed E-state index contributed by atoms with van der Waals surface area (Å²) in [6, 6.07) is 0. The maximum atomic E-state index is 11.6. The van der Waals surface area contributed by atoms with Crippen molar-refractivity contribution >= 4 is 12.4 Å². The second kappa shape index (κ2) is 4.85. The number of carbonyl (C=O) groups is 2. The van der Waals surface area contributed by atoms with Crippen LogP contribution in [0.3, 0.4) is 0 Å². The van der Waals surface area contributed by atoms with Crippen molar-refractivity contribution in [2.75, 3.05) is 0 Å². The predicted molar refractivity (Wildman–Crippen MR) is 61.2 cm³/mol. The number of ether oxygens (including phenoxy) is 1. The van der Waals surface area contributed by atoms with Gasteiger partial charge in [0, 0.05) is 12.0 Å². The van der Waals surface area contributed by atoms with Gasteiger partial charge in [-0.1, -0.05) is 12.8 Å². The number of aldehydes is 1. The molecule has 1 saturated carbocycles. The summed E-state index contributed by atoms with van der Waals surface area (Å²) in [7, 11) is 0. The Balaban J connectivity index is 2.55. The number of carbonyl (C=O) groups excluding carboxylic acids is 2. The predicted octanol–water partition coefficient (Wildman–Crippen LogP) is 2.41. The van der Waals surface area contributed by atoms with Crippen LogP contribution in [-0.2, 0) is 9.53 Å². The SMILES string of the molecule is CC(C)(C)OC(=O)NC1(CC=O)CCCC1. The smallest absolute Gasteiger partial charge is 0.408 e. The summed E-state index contributed by atoms with van der Waals surface area (Å²) in [4.78, 5) is 22.3. The van der Waals surface area contributed by atoms with E-state index in [1.165, 1.54) is 0 Å². The zero-order chi connectivity index (χ0) is 12.2. The molecule has 0 saturated heterocycles. The van der Waals surface area contributed by atoms with Crippen molar-refractivity contribution in [2.24, 2.45) is 0 Å². The number of nitrogens with one attached hydrogen (secondary N) is 1. The third-order valence-electron chi connectivity index (χ3n) is 2.80. The fourth-order valence-electron chi connectivity index (χ4n) is 2.11. The first kappa shape index (κ1) is 13.0. The maximum Gasteiger partial charge on any atom is 0.408 e. The van der Waals surface area contributed by atoms with Crippen LogP contribution < -0.4 is 5.32 Å². The van der Waals surface area contributed by atoms with E-state index < -0.39 is 11.7 Å². The molecule has 1 amide bonds. The van der Waals surface area contributed by atoms with Gasteiger partial charge in [-0.25, -0.2) is 4.79 Å². The van der Waals surface area contributed by atoms with E-state index in [9.17, 15) is 9.59 Å². The van der Waals surface area contributed by atoms with E-state index in [1.54, 1.807) is 0 Å². The third-order valence-corrected chi connectivity index (χ3v) is 2.80. The van der Waals surface area contributed by atoms with Gasteiger partial charge in [-0.15, -0.1) is 0 Å². The van der Waals surface area contributed by atoms with Crippen molar-refractivity contribution in [3.63, 3.8) is 0 Å². The van der Waals surface area contributed by atoms with Gasteiger partial charge < -0.3 is 14.8 Å². The lowest BCUT2D eigenvalue weighted by molar-refractivity contribution is -0.109. The van der Waals surface area contributed by atoms with Crippen LogP contribution in [0, 0.1) is 0 Å². The van der Waals surface area contributed by atoms with E-state index in [2.05, 4.69) is 5.32 Å². The van der Waals surface area contributed by atoms with Gasteiger partial charge in [-0.2, -0.15) is 0 Å². The Labute approximate surface area is 96.7 Å². The van der Waals surface area contributed by atoms with Gasteiger partial charge in [0.1, 0.15) is 11.9 Å². The molecule has 0 bridgehead atoms. The molecule has 1 aliphatic carbocycles. The van der Waals surface area contributed by atoms with Gasteiger partial charge in [0.2, 0.25) is 0 Å². The highest BCUT2D eigenvalue weighted by molar-refractivity contribution is 5.70. The molecule has 0 aliphatic heterocycles. The zero-order valence-corrected chi connectivity index (χ0v) is 10.3. The minimum absolute atomic E-state index is 0.357. The zero-order valence-electron chi connectivity index (χ0n) is 10.3. The quantitative estimate of drug-likeness (QED) is 0.753. The highest BCUT2D eigenvalue weighted by Crippen LogP contribution is 2.32. The fourth-order valence-corrected chi connectivity index (χ4v) is 2.11. The fraction of sp³-hybridized carbons (Fsp3) is 0.833. The molecule has 0 aromatic carbocycles. The minimum Gasteiger partial charge on any atom is -0.444 e. The molecule has 1 fully saturated rings. The monoisotopic (exact) mass is 227 g/mol. The van der Waals surface area contributed by atoms with Crippen molar-refractivity contribution in [1.82, 2.24) is 5.32 Å². The summed E-state index contributed by atoms with van der Waals surface area (Å²) in [5, 5.41) is 2.86. The lowest BCUT2D eigenvalue weighted by Crippen LogP contribution is -2.48. The minimum atomic E-state index is -0.495. The van der Waals surface area contributed by atoms with E-state index in [1.807, 2.05) is 20.8 Å². The van der Waals surface area contributed by atoms with Crippen LogP contribution in [0.2, 0.25) is 0 Å². The van der Waals surface area contributed by atoms with E-state index in [4.69, 9.17) is 4.74 Å². The first-order valence-electron chi connectivity index (χ1n) is 5.82. The van der Waals surface area contributed by atoms with Crippen molar-refractivity contribution in [3.05, 3.63) is 0 Å². The van der Waals surface area contributed by atoms with E-state index >= 15 is 0 Å². The van der Waals surface area contributed by atoms with E-state index in [0.717, 1.165) is 32.0 Å². The number of hydrogen-bond acceptors (Lipinski definition) is 3. The van der Waals surface area contributed by atoms with Gasteiger partial charge in [-0.3, -0.25) is 0 Å². The highest BCUT2D eigenvalue weighted by atomic mass is 16.6. The Morgan fingerprint density at radius 3 is 2.38 bits per heavy atom. The van der Waals surface area contributed by atoms with Gasteiger partial charge in [-0.05, 0) is 33.6 Å². The average molecular weight is 227 g/mol. The third kappa shape index (κ3) is 3.83. The summed E-state index contributed by atoms with van der Waals surface area (Å²) in [5.41, 5.74) is -0.852. The van der Waals surface area contributed by atoms with Crippen LogP contribution in [0.15, 0.2) is 0 Å². The molecule has 1 N–H and O–H groups in total. The van der Waals surface area contributed by atoms with Gasteiger partial charge >= 0.3 is 6.09 Å². The molecular formula is C12H21NO3. The number of alkyl carbamates (subject to hydrolysis) is 1. The normalized spacial score (nSPS) is 19.2. The van der Waals surface area contributed by atoms with Crippen LogP contribution in [-0.4, -0.2) is 23.5 Å². The largest absolute Gasteiger partial charge is 0.444 e. The van der Waals surface area contributed by atoms with E-state index in [-0.39, 0.29) is 5.54 Å². The first-order chi connectivity index (χ1) is 7.37. The maximum absolute atomic E-state index is 11.6. The second-order valence-electron chi connectivity index (χ2n) is 5.49. The van der Waals surface area contributed by atoms with Crippen LogP contribution in [0.1, 0.15) is 52.9 Å². The topological polar surface area (TPSA) is 55.4 Å². The van der Waals surface area contributed by atoms with Crippen molar-refractivity contribution in [1.29, 1.82) is 0 Å². The molecule has 0 aromatic heterocycles. The van der Waals surface area contributed by atoms with Crippen molar-refractivity contribution in [3.8, 4) is 0 Å². The standard InChI is InChI=1S/C12H21NO3/c1-11(2,3)16-10(15)13-12(8-9-14)6-4-5-7-12/h9H,4-8H2,1-3H3,(H,13,15). The van der Waals surface area contributed by atoms with Crippen LogP contribution in [0.5, 0.6) is 0 Å². The molecule has 0 atom stereocenters. The summed E-state index contributed by atoms with van der Waals surface area (Å²) in [6.07, 6.45) is 4.69. The molecule has 1 rings (SSSR count). The van der Waals surface area contributed by atoms with Gasteiger partial charge in [0.25, 0.3) is 0 Å². The summed E-state index contributed by atoms with van der Waals surface area (Å²) < 4.78 is 5.21. The lowest BCUT2D eigenvalue weighted by atomic mass is 9.94. The van der Waals surface area contributed by atoms with Gasteiger partial charge in [0.05, 0.1) is 0 Å². The van der Waals surface area contributed by atoms with Crippen molar-refractivity contribution < 1.29 is 14.3 Å². The highest BCUT2D eigenvalue weighted by Gasteiger charge is 2.36. The van der Waals surface area contributed by atoms with Crippen molar-refractivity contribution in [2.45, 2.75) is 64.0 Å². The summed E-state index contributed by atoms with van der Waals surface area (Å²) in [5.74, 6) is 0. The second-order valence-corrected chi connectivity index (χ2v) is 5.49. The molecular weight excluding hydrogens is 206 g/mol. The Morgan fingerprint density at radius 2 is 1.94 bits per heavy atom. The molecule has 16 heavy (non-hydrogen) atoms.